The Kier molecular flexibility index (Phi) is 3.83. The zero-order valence-corrected chi connectivity index (χ0v) is 9.15. The van der Waals surface area contributed by atoms with Crippen LogP contribution in [0, 0.1) is 6.92 Å². The van der Waals surface area contributed by atoms with Gasteiger partial charge >= 0.3 is 11.9 Å². The van der Waals surface area contributed by atoms with Crippen molar-refractivity contribution in [2.75, 3.05) is 7.11 Å². The predicted octanol–water partition coefficient (Wildman–Crippen LogP) is 1.84. The van der Waals surface area contributed by atoms with E-state index >= 15 is 0 Å². The van der Waals surface area contributed by atoms with Crippen molar-refractivity contribution in [2.45, 2.75) is 6.92 Å². The number of carbonyl (C=O) groups is 2. The Labute approximate surface area is 93.5 Å². The van der Waals surface area contributed by atoms with Crippen molar-refractivity contribution in [3.05, 3.63) is 47.7 Å². The fourth-order valence-electron chi connectivity index (χ4n) is 1.10. The summed E-state index contributed by atoms with van der Waals surface area (Å²) in [5.74, 6) is -1.71. The fourth-order valence-corrected chi connectivity index (χ4v) is 1.10. The number of rotatable bonds is 3. The van der Waals surface area contributed by atoms with Crippen molar-refractivity contribution < 1.29 is 19.1 Å². The van der Waals surface area contributed by atoms with Crippen LogP contribution in [0.1, 0.15) is 15.9 Å². The highest BCUT2D eigenvalue weighted by Gasteiger charge is 2.14. The van der Waals surface area contributed by atoms with Crippen molar-refractivity contribution in [1.82, 2.24) is 0 Å². The van der Waals surface area contributed by atoms with E-state index in [0.717, 1.165) is 5.56 Å². The molecular weight excluding hydrogens is 208 g/mol. The van der Waals surface area contributed by atoms with Crippen molar-refractivity contribution in [1.29, 1.82) is 0 Å². The molecule has 0 amide bonds. The first-order valence-corrected chi connectivity index (χ1v) is 4.60. The van der Waals surface area contributed by atoms with E-state index in [9.17, 15) is 9.59 Å². The number of methoxy groups -OCH3 is 1. The number of hydrogen-bond acceptors (Lipinski definition) is 4. The van der Waals surface area contributed by atoms with Gasteiger partial charge in [0.15, 0.2) is 0 Å². The van der Waals surface area contributed by atoms with E-state index in [1.54, 1.807) is 18.2 Å². The number of benzene rings is 1. The summed E-state index contributed by atoms with van der Waals surface area (Å²) in [7, 11) is 1.19. The zero-order chi connectivity index (χ0) is 12.1. The monoisotopic (exact) mass is 220 g/mol. The summed E-state index contributed by atoms with van der Waals surface area (Å²) < 4.78 is 9.09. The lowest BCUT2D eigenvalue weighted by atomic mass is 10.1. The second-order valence-electron chi connectivity index (χ2n) is 3.17. The number of hydrogen-bond donors (Lipinski definition) is 0. The number of esters is 2. The van der Waals surface area contributed by atoms with Gasteiger partial charge in [-0.1, -0.05) is 17.7 Å². The van der Waals surface area contributed by atoms with E-state index in [4.69, 9.17) is 4.74 Å². The predicted molar refractivity (Wildman–Crippen MR) is 57.8 cm³/mol. The molecule has 0 fully saturated rings. The molecule has 0 aliphatic rings. The molecule has 4 heteroatoms. The molecule has 84 valence electrons. The first kappa shape index (κ1) is 12.0. The standard InChI is InChI=1S/C12H12O4/c1-8-5-4-6-10(7-8)12(14)16-9(2)11(13)15-3/h4-7H,2H2,1,3H3. The third-order valence-electron chi connectivity index (χ3n) is 1.88. The SMILES string of the molecule is C=C(OC(=O)c1cccc(C)c1)C(=O)OC. The average Bonchev–Trinajstić information content (AvgIpc) is 2.27. The Morgan fingerprint density at radius 1 is 1.31 bits per heavy atom. The van der Waals surface area contributed by atoms with Gasteiger partial charge in [0.05, 0.1) is 12.7 Å². The molecule has 16 heavy (non-hydrogen) atoms. The summed E-state index contributed by atoms with van der Waals surface area (Å²) in [6, 6.07) is 6.84. The molecule has 0 spiro atoms. The minimum atomic E-state index is -0.763. The molecule has 4 nitrogen and oxygen atoms in total. The molecule has 0 aromatic heterocycles. The summed E-state index contributed by atoms with van der Waals surface area (Å²) in [6.45, 7) is 5.15. The maximum absolute atomic E-state index is 11.5. The van der Waals surface area contributed by atoms with Crippen LogP contribution in [-0.2, 0) is 14.3 Å². The van der Waals surface area contributed by atoms with E-state index < -0.39 is 11.9 Å². The Bertz CT molecular complexity index is 434. The van der Waals surface area contributed by atoms with Crippen LogP contribution in [0.25, 0.3) is 0 Å². The van der Waals surface area contributed by atoms with Gasteiger partial charge in [-0.15, -0.1) is 0 Å². The molecule has 0 radical (unpaired) electrons. The fraction of sp³-hybridized carbons (Fsp3) is 0.167. The van der Waals surface area contributed by atoms with Crippen LogP contribution < -0.4 is 0 Å². The Hall–Kier alpha value is -2.10. The van der Waals surface area contributed by atoms with Gasteiger partial charge in [0.1, 0.15) is 0 Å². The largest absolute Gasteiger partial charge is 0.463 e. The lowest BCUT2D eigenvalue weighted by Gasteiger charge is -2.05. The maximum Gasteiger partial charge on any atom is 0.373 e. The van der Waals surface area contributed by atoms with Crippen molar-refractivity contribution >= 4 is 11.9 Å². The van der Waals surface area contributed by atoms with Crippen LogP contribution in [0.3, 0.4) is 0 Å². The maximum atomic E-state index is 11.5. The summed E-state index contributed by atoms with van der Waals surface area (Å²) in [4.78, 5) is 22.5. The summed E-state index contributed by atoms with van der Waals surface area (Å²) in [5.41, 5.74) is 1.29. The van der Waals surface area contributed by atoms with Crippen LogP contribution in [-0.4, -0.2) is 19.0 Å². The zero-order valence-electron chi connectivity index (χ0n) is 9.15. The van der Waals surface area contributed by atoms with Gasteiger partial charge < -0.3 is 9.47 Å². The topological polar surface area (TPSA) is 52.6 Å². The van der Waals surface area contributed by atoms with Crippen LogP contribution >= 0.6 is 0 Å². The highest BCUT2D eigenvalue weighted by molar-refractivity contribution is 5.95. The van der Waals surface area contributed by atoms with Crippen molar-refractivity contribution in [2.24, 2.45) is 0 Å². The van der Waals surface area contributed by atoms with E-state index in [-0.39, 0.29) is 5.76 Å². The van der Waals surface area contributed by atoms with Gasteiger partial charge in [0.2, 0.25) is 5.76 Å². The summed E-state index contributed by atoms with van der Waals surface area (Å²) in [6.07, 6.45) is 0. The second-order valence-corrected chi connectivity index (χ2v) is 3.17. The van der Waals surface area contributed by atoms with Crippen LogP contribution in [0.5, 0.6) is 0 Å². The number of aryl methyl sites for hydroxylation is 1. The molecule has 1 aromatic carbocycles. The molecule has 0 unspecified atom stereocenters. The molecule has 0 aliphatic heterocycles. The third kappa shape index (κ3) is 2.95. The Morgan fingerprint density at radius 3 is 2.56 bits per heavy atom. The molecule has 0 bridgehead atoms. The van der Waals surface area contributed by atoms with Crippen LogP contribution in [0.4, 0.5) is 0 Å². The van der Waals surface area contributed by atoms with Crippen molar-refractivity contribution in [3.8, 4) is 0 Å². The van der Waals surface area contributed by atoms with Gasteiger partial charge in [-0.3, -0.25) is 0 Å². The van der Waals surface area contributed by atoms with Gasteiger partial charge in [-0.05, 0) is 25.6 Å². The van der Waals surface area contributed by atoms with Crippen LogP contribution in [0.2, 0.25) is 0 Å². The molecule has 0 saturated carbocycles. The van der Waals surface area contributed by atoms with Crippen LogP contribution in [0.15, 0.2) is 36.6 Å². The van der Waals surface area contributed by atoms with Gasteiger partial charge in [0.25, 0.3) is 0 Å². The molecule has 0 aliphatic carbocycles. The third-order valence-corrected chi connectivity index (χ3v) is 1.88. The first-order valence-electron chi connectivity index (χ1n) is 4.60. The van der Waals surface area contributed by atoms with Gasteiger partial charge in [-0.2, -0.15) is 0 Å². The highest BCUT2D eigenvalue weighted by atomic mass is 16.6. The second kappa shape index (κ2) is 5.11. The van der Waals surface area contributed by atoms with E-state index in [0.29, 0.717) is 5.56 Å². The molecule has 0 N–H and O–H groups in total. The molecule has 0 saturated heterocycles. The highest BCUT2D eigenvalue weighted by Crippen LogP contribution is 2.08. The quantitative estimate of drug-likeness (QED) is 0.443. The Morgan fingerprint density at radius 2 is 2.00 bits per heavy atom. The molecule has 0 heterocycles. The Balaban J connectivity index is 2.73. The molecule has 1 aromatic rings. The molecule has 0 atom stereocenters. The first-order chi connectivity index (χ1) is 7.54. The van der Waals surface area contributed by atoms with E-state index in [1.807, 2.05) is 13.0 Å². The number of ether oxygens (including phenoxy) is 2. The van der Waals surface area contributed by atoms with Gasteiger partial charge in [-0.25, -0.2) is 9.59 Å². The lowest BCUT2D eigenvalue weighted by Crippen LogP contribution is -2.12. The lowest BCUT2D eigenvalue weighted by molar-refractivity contribution is -0.139. The molecule has 1 rings (SSSR count). The van der Waals surface area contributed by atoms with E-state index in [1.165, 1.54) is 7.11 Å². The normalized spacial score (nSPS) is 9.38. The smallest absolute Gasteiger partial charge is 0.373 e. The summed E-state index contributed by atoms with van der Waals surface area (Å²) >= 11 is 0. The average molecular weight is 220 g/mol. The van der Waals surface area contributed by atoms with Crippen molar-refractivity contribution in [3.63, 3.8) is 0 Å². The number of carbonyl (C=O) groups excluding carboxylic acids is 2. The summed E-state index contributed by atoms with van der Waals surface area (Å²) in [5, 5.41) is 0. The van der Waals surface area contributed by atoms with E-state index in [2.05, 4.69) is 11.3 Å². The minimum Gasteiger partial charge on any atom is -0.463 e. The minimum absolute atomic E-state index is 0.325. The van der Waals surface area contributed by atoms with Gasteiger partial charge in [0, 0.05) is 0 Å². The molecular formula is C12H12O4.